The van der Waals surface area contributed by atoms with Gasteiger partial charge in [-0.25, -0.2) is 4.98 Å². The number of halogens is 2. The highest BCUT2D eigenvalue weighted by Crippen LogP contribution is 2.25. The monoisotopic (exact) mass is 354 g/mol. The van der Waals surface area contributed by atoms with Crippen molar-refractivity contribution in [2.75, 3.05) is 0 Å². The Bertz CT molecular complexity index is 1040. The molecule has 4 nitrogen and oxygen atoms in total. The van der Waals surface area contributed by atoms with Crippen molar-refractivity contribution in [3.05, 3.63) is 64.4 Å². The first-order valence-corrected chi connectivity index (χ1v) is 8.10. The van der Waals surface area contributed by atoms with Gasteiger partial charge in [0, 0.05) is 23.0 Å². The minimum Gasteiger partial charge on any atom is -0.337 e. The fraction of sp³-hybridized carbons (Fsp3) is 0.0556. The first-order chi connectivity index (χ1) is 11.6. The molecule has 24 heavy (non-hydrogen) atoms. The number of benzene rings is 1. The van der Waals surface area contributed by atoms with Gasteiger partial charge in [0.25, 0.3) is 0 Å². The van der Waals surface area contributed by atoms with Crippen LogP contribution < -0.4 is 0 Å². The molecule has 0 unspecified atom stereocenters. The Morgan fingerprint density at radius 3 is 2.54 bits per heavy atom. The minimum atomic E-state index is 0.627. The van der Waals surface area contributed by atoms with Gasteiger partial charge < -0.3 is 4.98 Å². The maximum Gasteiger partial charge on any atom is 0.157 e. The van der Waals surface area contributed by atoms with Crippen molar-refractivity contribution in [1.29, 1.82) is 0 Å². The van der Waals surface area contributed by atoms with E-state index in [0.717, 1.165) is 33.5 Å². The van der Waals surface area contributed by atoms with Crippen molar-refractivity contribution in [2.45, 2.75) is 6.92 Å². The van der Waals surface area contributed by atoms with Gasteiger partial charge in [-0.1, -0.05) is 23.2 Å². The van der Waals surface area contributed by atoms with Crippen LogP contribution in [0.4, 0.5) is 0 Å². The van der Waals surface area contributed by atoms with Gasteiger partial charge in [-0.2, -0.15) is 0 Å². The summed E-state index contributed by atoms with van der Waals surface area (Å²) in [7, 11) is 0. The first kappa shape index (κ1) is 15.1. The highest BCUT2D eigenvalue weighted by atomic mass is 35.5. The molecular weight excluding hydrogens is 343 g/mol. The predicted octanol–water partition coefficient (Wildman–Crippen LogP) is 5.30. The molecule has 0 saturated carbocycles. The van der Waals surface area contributed by atoms with Crippen LogP contribution in [0.25, 0.3) is 33.8 Å². The van der Waals surface area contributed by atoms with E-state index in [2.05, 4.69) is 19.9 Å². The summed E-state index contributed by atoms with van der Waals surface area (Å²) in [5.41, 5.74) is 5.32. The molecule has 0 atom stereocenters. The van der Waals surface area contributed by atoms with E-state index in [1.165, 1.54) is 0 Å². The third-order valence-corrected chi connectivity index (χ3v) is 4.21. The Labute approximate surface area is 148 Å². The molecular formula is C18H12Cl2N4. The number of aromatic nitrogens is 4. The van der Waals surface area contributed by atoms with Gasteiger partial charge in [-0.05, 0) is 48.9 Å². The molecule has 0 amide bonds. The maximum atomic E-state index is 6.01. The average Bonchev–Trinajstić information content (AvgIpc) is 2.98. The summed E-state index contributed by atoms with van der Waals surface area (Å²) in [6, 6.07) is 11.3. The van der Waals surface area contributed by atoms with Crippen LogP contribution in [0.2, 0.25) is 10.0 Å². The van der Waals surface area contributed by atoms with Crippen molar-refractivity contribution in [3.63, 3.8) is 0 Å². The molecule has 0 saturated heterocycles. The summed E-state index contributed by atoms with van der Waals surface area (Å²) < 4.78 is 0. The van der Waals surface area contributed by atoms with E-state index in [-0.39, 0.29) is 0 Å². The molecule has 1 aromatic carbocycles. The highest BCUT2D eigenvalue weighted by Gasteiger charge is 2.09. The zero-order chi connectivity index (χ0) is 16.7. The van der Waals surface area contributed by atoms with Crippen LogP contribution in [0.5, 0.6) is 0 Å². The molecule has 118 valence electrons. The first-order valence-electron chi connectivity index (χ1n) is 7.34. The van der Waals surface area contributed by atoms with E-state index < -0.39 is 0 Å². The van der Waals surface area contributed by atoms with E-state index in [0.29, 0.717) is 15.9 Å². The zero-order valence-corrected chi connectivity index (χ0v) is 14.2. The largest absolute Gasteiger partial charge is 0.337 e. The van der Waals surface area contributed by atoms with Crippen molar-refractivity contribution >= 4 is 34.2 Å². The van der Waals surface area contributed by atoms with Crippen LogP contribution in [-0.4, -0.2) is 19.9 Å². The fourth-order valence-corrected chi connectivity index (χ4v) is 3.00. The number of pyridine rings is 2. The van der Waals surface area contributed by atoms with Gasteiger partial charge >= 0.3 is 0 Å². The summed E-state index contributed by atoms with van der Waals surface area (Å²) in [6.45, 7) is 1.98. The van der Waals surface area contributed by atoms with Crippen molar-refractivity contribution < 1.29 is 0 Å². The second-order valence-electron chi connectivity index (χ2n) is 5.50. The molecule has 0 bridgehead atoms. The summed E-state index contributed by atoms with van der Waals surface area (Å²) in [4.78, 5) is 16.7. The quantitative estimate of drug-likeness (QED) is 0.531. The Morgan fingerprint density at radius 1 is 0.917 bits per heavy atom. The lowest BCUT2D eigenvalue weighted by molar-refractivity contribution is 1.21. The predicted molar refractivity (Wildman–Crippen MR) is 97.3 cm³/mol. The zero-order valence-electron chi connectivity index (χ0n) is 12.7. The van der Waals surface area contributed by atoms with Crippen LogP contribution in [0, 0.1) is 6.92 Å². The molecule has 0 aliphatic heterocycles. The smallest absolute Gasteiger partial charge is 0.157 e. The number of imidazole rings is 1. The van der Waals surface area contributed by atoms with E-state index >= 15 is 0 Å². The summed E-state index contributed by atoms with van der Waals surface area (Å²) in [5, 5.41) is 1.30. The minimum absolute atomic E-state index is 0.627. The average molecular weight is 355 g/mol. The Morgan fingerprint density at radius 2 is 1.79 bits per heavy atom. The van der Waals surface area contributed by atoms with Gasteiger partial charge in [0.1, 0.15) is 5.69 Å². The summed E-state index contributed by atoms with van der Waals surface area (Å²) in [6.07, 6.45) is 3.43. The number of nitrogens with zero attached hydrogens (tertiary/aromatic N) is 3. The molecule has 0 spiro atoms. The van der Waals surface area contributed by atoms with Gasteiger partial charge in [-0.3, -0.25) is 9.97 Å². The number of rotatable bonds is 2. The summed E-state index contributed by atoms with van der Waals surface area (Å²) >= 11 is 12.0. The van der Waals surface area contributed by atoms with E-state index in [4.69, 9.17) is 23.2 Å². The fourth-order valence-electron chi connectivity index (χ4n) is 2.62. The second kappa shape index (κ2) is 5.89. The number of hydrogen-bond donors (Lipinski definition) is 1. The lowest BCUT2D eigenvalue weighted by Gasteiger charge is -2.05. The highest BCUT2D eigenvalue weighted by molar-refractivity contribution is 6.31. The van der Waals surface area contributed by atoms with Gasteiger partial charge in [0.05, 0.1) is 21.7 Å². The molecule has 4 rings (SSSR count). The molecule has 4 aromatic rings. The van der Waals surface area contributed by atoms with E-state index in [9.17, 15) is 0 Å². The maximum absolute atomic E-state index is 6.01. The number of aryl methyl sites for hydroxylation is 1. The Kier molecular flexibility index (Phi) is 3.71. The van der Waals surface area contributed by atoms with Gasteiger partial charge in [0.2, 0.25) is 0 Å². The third-order valence-electron chi connectivity index (χ3n) is 3.77. The number of nitrogens with one attached hydrogen (secondary N) is 1. The van der Waals surface area contributed by atoms with Crippen molar-refractivity contribution in [2.24, 2.45) is 0 Å². The lowest BCUT2D eigenvalue weighted by Crippen LogP contribution is -1.91. The third kappa shape index (κ3) is 2.75. The van der Waals surface area contributed by atoms with Crippen LogP contribution >= 0.6 is 23.2 Å². The molecule has 6 heteroatoms. The number of fused-ring (bicyclic) bond motifs is 1. The lowest BCUT2D eigenvalue weighted by atomic mass is 10.1. The molecule has 0 aliphatic carbocycles. The molecule has 3 aromatic heterocycles. The van der Waals surface area contributed by atoms with E-state index in [1.54, 1.807) is 12.4 Å². The molecule has 0 fully saturated rings. The SMILES string of the molecule is Cc1cc(Cl)cnc1-c1ccc(-c2nc3ccc(Cl)cc3[nH]2)nc1. The molecule has 1 N–H and O–H groups in total. The molecule has 3 heterocycles. The molecule has 0 radical (unpaired) electrons. The van der Waals surface area contributed by atoms with Crippen LogP contribution in [0.1, 0.15) is 5.56 Å². The Balaban J connectivity index is 1.72. The number of H-pyrrole nitrogens is 1. The normalized spacial score (nSPS) is 11.1. The molecule has 0 aliphatic rings. The summed E-state index contributed by atoms with van der Waals surface area (Å²) in [5.74, 6) is 0.708. The standard InChI is InChI=1S/C18H12Cl2N4/c1-10-6-13(20)9-22-17(10)11-2-4-15(21-8-11)18-23-14-5-3-12(19)7-16(14)24-18/h2-9H,1H3,(H,23,24). The van der Waals surface area contributed by atoms with Crippen molar-refractivity contribution in [3.8, 4) is 22.8 Å². The topological polar surface area (TPSA) is 54.5 Å². The number of aromatic amines is 1. The van der Waals surface area contributed by atoms with E-state index in [1.807, 2.05) is 43.3 Å². The van der Waals surface area contributed by atoms with Crippen LogP contribution in [0.3, 0.4) is 0 Å². The Hall–Kier alpha value is -2.43. The van der Waals surface area contributed by atoms with Crippen LogP contribution in [0.15, 0.2) is 48.8 Å². The van der Waals surface area contributed by atoms with Gasteiger partial charge in [0.15, 0.2) is 5.82 Å². The van der Waals surface area contributed by atoms with Crippen molar-refractivity contribution in [1.82, 2.24) is 19.9 Å². The van der Waals surface area contributed by atoms with Crippen LogP contribution in [-0.2, 0) is 0 Å². The second-order valence-corrected chi connectivity index (χ2v) is 6.37. The number of hydrogen-bond acceptors (Lipinski definition) is 3. The van der Waals surface area contributed by atoms with Gasteiger partial charge in [-0.15, -0.1) is 0 Å².